The highest BCUT2D eigenvalue weighted by Crippen LogP contribution is 2.11. The first-order valence-electron chi connectivity index (χ1n) is 3.91. The molecule has 11 heavy (non-hydrogen) atoms. The van der Waals surface area contributed by atoms with Crippen LogP contribution in [0.5, 0.6) is 5.75 Å². The van der Waals surface area contributed by atoms with Crippen LogP contribution in [0.1, 0.15) is 18.9 Å². The van der Waals surface area contributed by atoms with Crippen LogP contribution in [0.2, 0.25) is 0 Å². The zero-order valence-corrected chi connectivity index (χ0v) is 7.05. The van der Waals surface area contributed by atoms with Crippen LogP contribution in [0, 0.1) is 6.07 Å². The van der Waals surface area contributed by atoms with Crippen molar-refractivity contribution >= 4 is 0 Å². The summed E-state index contributed by atoms with van der Waals surface area (Å²) >= 11 is 0. The number of hydrogen-bond donors (Lipinski definition) is 0. The van der Waals surface area contributed by atoms with Gasteiger partial charge in [0.15, 0.2) is 0 Å². The molecular weight excluding hydrogens is 136 g/mol. The van der Waals surface area contributed by atoms with Crippen molar-refractivity contribution in [3.8, 4) is 5.75 Å². The summed E-state index contributed by atoms with van der Waals surface area (Å²) in [4.78, 5) is 0. The fraction of sp³-hybridized carbons (Fsp3) is 0.400. The maximum absolute atomic E-state index is 5.02. The average molecular weight is 149 g/mol. The predicted molar refractivity (Wildman–Crippen MR) is 45.8 cm³/mol. The molecule has 0 spiro atoms. The van der Waals surface area contributed by atoms with Crippen LogP contribution in [-0.2, 0) is 6.42 Å². The van der Waals surface area contributed by atoms with Crippen LogP contribution >= 0.6 is 0 Å². The number of hydrogen-bond acceptors (Lipinski definition) is 1. The first kappa shape index (κ1) is 8.12. The van der Waals surface area contributed by atoms with Gasteiger partial charge in [0.1, 0.15) is 5.75 Å². The predicted octanol–water partition coefficient (Wildman–Crippen LogP) is 2.45. The Hall–Kier alpha value is -0.980. The second-order valence-electron chi connectivity index (χ2n) is 2.50. The SMILES string of the molecule is CCCc1[c]cc(OC)cc1. The Labute approximate surface area is 68.0 Å². The van der Waals surface area contributed by atoms with Gasteiger partial charge in [0.2, 0.25) is 0 Å². The summed E-state index contributed by atoms with van der Waals surface area (Å²) in [5.74, 6) is 0.879. The van der Waals surface area contributed by atoms with E-state index < -0.39 is 0 Å². The van der Waals surface area contributed by atoms with E-state index in [0.29, 0.717) is 0 Å². The zero-order chi connectivity index (χ0) is 8.10. The van der Waals surface area contributed by atoms with Crippen molar-refractivity contribution in [2.75, 3.05) is 7.11 Å². The van der Waals surface area contributed by atoms with E-state index in [0.717, 1.165) is 12.2 Å². The second kappa shape index (κ2) is 4.02. The molecule has 0 N–H and O–H groups in total. The summed E-state index contributed by atoms with van der Waals surface area (Å²) in [6.45, 7) is 2.16. The molecule has 1 radical (unpaired) electrons. The maximum atomic E-state index is 5.02. The molecule has 59 valence electrons. The van der Waals surface area contributed by atoms with Gasteiger partial charge in [-0.1, -0.05) is 19.4 Å². The van der Waals surface area contributed by atoms with Crippen LogP contribution in [-0.4, -0.2) is 7.11 Å². The molecule has 1 heteroatoms. The van der Waals surface area contributed by atoms with Gasteiger partial charge in [0.05, 0.1) is 7.11 Å². The molecule has 0 heterocycles. The lowest BCUT2D eigenvalue weighted by molar-refractivity contribution is 0.414. The summed E-state index contributed by atoms with van der Waals surface area (Å²) in [5.41, 5.74) is 1.26. The molecule has 0 bridgehead atoms. The Bertz CT molecular complexity index is 201. The van der Waals surface area contributed by atoms with E-state index in [-0.39, 0.29) is 0 Å². The lowest BCUT2D eigenvalue weighted by atomic mass is 10.1. The molecule has 1 rings (SSSR count). The molecule has 0 saturated carbocycles. The minimum atomic E-state index is 0.879. The van der Waals surface area contributed by atoms with E-state index in [2.05, 4.69) is 19.1 Å². The summed E-state index contributed by atoms with van der Waals surface area (Å²) in [7, 11) is 1.67. The van der Waals surface area contributed by atoms with Crippen LogP contribution in [0.15, 0.2) is 18.2 Å². The third-order valence-corrected chi connectivity index (χ3v) is 1.60. The van der Waals surface area contributed by atoms with Gasteiger partial charge in [-0.3, -0.25) is 0 Å². The van der Waals surface area contributed by atoms with Gasteiger partial charge in [-0.2, -0.15) is 0 Å². The van der Waals surface area contributed by atoms with E-state index in [1.54, 1.807) is 7.11 Å². The minimum Gasteiger partial charge on any atom is -0.497 e. The van der Waals surface area contributed by atoms with Crippen molar-refractivity contribution in [3.63, 3.8) is 0 Å². The van der Waals surface area contributed by atoms with Gasteiger partial charge < -0.3 is 4.74 Å². The van der Waals surface area contributed by atoms with E-state index in [9.17, 15) is 0 Å². The first-order valence-corrected chi connectivity index (χ1v) is 3.91. The summed E-state index contributed by atoms with van der Waals surface area (Å²) in [5, 5.41) is 0. The Morgan fingerprint density at radius 1 is 1.45 bits per heavy atom. The number of benzene rings is 1. The van der Waals surface area contributed by atoms with Gasteiger partial charge in [-0.15, -0.1) is 0 Å². The summed E-state index contributed by atoms with van der Waals surface area (Å²) in [6.07, 6.45) is 2.27. The fourth-order valence-corrected chi connectivity index (χ4v) is 0.995. The lowest BCUT2D eigenvalue weighted by Crippen LogP contribution is -1.85. The van der Waals surface area contributed by atoms with Gasteiger partial charge >= 0.3 is 0 Å². The third kappa shape index (κ3) is 2.26. The molecular formula is C10H13O. The highest BCUT2D eigenvalue weighted by Gasteiger charge is 1.91. The van der Waals surface area contributed by atoms with Crippen molar-refractivity contribution in [1.29, 1.82) is 0 Å². The number of aryl methyl sites for hydroxylation is 1. The molecule has 0 saturated heterocycles. The molecule has 0 aromatic heterocycles. The Balaban J connectivity index is 2.66. The van der Waals surface area contributed by atoms with Gasteiger partial charge in [-0.05, 0) is 30.2 Å². The monoisotopic (exact) mass is 149 g/mol. The highest BCUT2D eigenvalue weighted by atomic mass is 16.5. The topological polar surface area (TPSA) is 9.23 Å². The van der Waals surface area contributed by atoms with Gasteiger partial charge in [-0.25, -0.2) is 0 Å². The number of ether oxygens (including phenoxy) is 1. The summed E-state index contributed by atoms with van der Waals surface area (Å²) in [6, 6.07) is 9.08. The number of methoxy groups -OCH3 is 1. The van der Waals surface area contributed by atoms with Crippen LogP contribution in [0.25, 0.3) is 0 Å². The van der Waals surface area contributed by atoms with Gasteiger partial charge in [0.25, 0.3) is 0 Å². The maximum Gasteiger partial charge on any atom is 0.119 e. The molecule has 0 aliphatic heterocycles. The van der Waals surface area contributed by atoms with Crippen molar-refractivity contribution in [2.24, 2.45) is 0 Å². The molecule has 0 fully saturated rings. The normalized spacial score (nSPS) is 9.64. The van der Waals surface area contributed by atoms with Crippen LogP contribution in [0.4, 0.5) is 0 Å². The summed E-state index contributed by atoms with van der Waals surface area (Å²) < 4.78 is 5.02. The van der Waals surface area contributed by atoms with E-state index >= 15 is 0 Å². The lowest BCUT2D eigenvalue weighted by Gasteiger charge is -2.00. The quantitative estimate of drug-likeness (QED) is 0.641. The molecule has 1 aromatic carbocycles. The van der Waals surface area contributed by atoms with Crippen molar-refractivity contribution in [2.45, 2.75) is 19.8 Å². The largest absolute Gasteiger partial charge is 0.497 e. The standard InChI is InChI=1S/C10H13O/c1-3-4-9-5-7-10(11-2)8-6-9/h5,7-8H,3-4H2,1-2H3. The molecule has 0 amide bonds. The molecule has 1 aromatic rings. The first-order chi connectivity index (χ1) is 5.36. The van der Waals surface area contributed by atoms with Crippen molar-refractivity contribution in [3.05, 3.63) is 29.8 Å². The third-order valence-electron chi connectivity index (χ3n) is 1.60. The van der Waals surface area contributed by atoms with E-state index in [1.165, 1.54) is 12.0 Å². The zero-order valence-electron chi connectivity index (χ0n) is 7.05. The molecule has 0 aliphatic rings. The average Bonchev–Trinajstić information content (AvgIpc) is 2.07. The molecule has 0 aliphatic carbocycles. The van der Waals surface area contributed by atoms with Crippen molar-refractivity contribution < 1.29 is 4.74 Å². The van der Waals surface area contributed by atoms with Crippen LogP contribution in [0.3, 0.4) is 0 Å². The second-order valence-corrected chi connectivity index (χ2v) is 2.50. The highest BCUT2D eigenvalue weighted by molar-refractivity contribution is 5.25. The molecule has 1 nitrogen and oxygen atoms in total. The fourth-order valence-electron chi connectivity index (χ4n) is 0.995. The minimum absolute atomic E-state index is 0.879. The van der Waals surface area contributed by atoms with E-state index in [4.69, 9.17) is 4.74 Å². The molecule has 0 atom stereocenters. The van der Waals surface area contributed by atoms with Gasteiger partial charge in [0, 0.05) is 0 Å². The Morgan fingerprint density at radius 3 is 2.73 bits per heavy atom. The van der Waals surface area contributed by atoms with E-state index in [1.807, 2.05) is 12.1 Å². The van der Waals surface area contributed by atoms with Crippen molar-refractivity contribution in [1.82, 2.24) is 0 Å². The Morgan fingerprint density at radius 2 is 2.27 bits per heavy atom. The smallest absolute Gasteiger partial charge is 0.119 e. The van der Waals surface area contributed by atoms with Crippen LogP contribution < -0.4 is 4.74 Å². The molecule has 0 unspecified atom stereocenters. The number of rotatable bonds is 3. The Kier molecular flexibility index (Phi) is 2.96.